The minimum Gasteiger partial charge on any atom is -0.465 e. The zero-order valence-corrected chi connectivity index (χ0v) is 18.6. The van der Waals surface area contributed by atoms with Gasteiger partial charge in [-0.05, 0) is 50.2 Å². The fourth-order valence-corrected chi connectivity index (χ4v) is 3.68. The highest BCUT2D eigenvalue weighted by Crippen LogP contribution is 2.24. The van der Waals surface area contributed by atoms with Crippen LogP contribution in [-0.4, -0.2) is 34.7 Å². The summed E-state index contributed by atoms with van der Waals surface area (Å²) in [5, 5.41) is 15.4. The number of aryl methyl sites for hydroxylation is 1. The monoisotopic (exact) mass is 460 g/mol. The lowest BCUT2D eigenvalue weighted by Crippen LogP contribution is -2.16. The molecule has 0 aliphatic carbocycles. The SMILES string of the molecule is COC(=O)c1cccc(-n2c(C)cc(/C=N\NC(=O)c3cc4cc([N+](=O)[O-])ccc4o3)c2C)c1. The van der Waals surface area contributed by atoms with Crippen molar-refractivity contribution in [3.63, 3.8) is 0 Å². The van der Waals surface area contributed by atoms with Crippen LogP contribution >= 0.6 is 0 Å². The minimum atomic E-state index is -0.588. The first-order valence-electron chi connectivity index (χ1n) is 10.2. The van der Waals surface area contributed by atoms with Crippen LogP contribution in [0.1, 0.15) is 37.9 Å². The van der Waals surface area contributed by atoms with Crippen molar-refractivity contribution >= 4 is 34.7 Å². The number of carbonyl (C=O) groups is 2. The van der Waals surface area contributed by atoms with Gasteiger partial charge < -0.3 is 13.7 Å². The number of hydrogen-bond donors (Lipinski definition) is 1. The van der Waals surface area contributed by atoms with Crippen molar-refractivity contribution < 1.29 is 23.7 Å². The molecule has 34 heavy (non-hydrogen) atoms. The van der Waals surface area contributed by atoms with Gasteiger partial charge in [0.1, 0.15) is 5.58 Å². The molecule has 172 valence electrons. The number of nitro benzene ring substituents is 1. The van der Waals surface area contributed by atoms with Crippen molar-refractivity contribution in [3.8, 4) is 5.69 Å². The van der Waals surface area contributed by atoms with Crippen LogP contribution in [-0.2, 0) is 4.74 Å². The van der Waals surface area contributed by atoms with E-state index in [-0.39, 0.29) is 11.4 Å². The first kappa shape index (κ1) is 22.5. The van der Waals surface area contributed by atoms with Crippen molar-refractivity contribution in [2.24, 2.45) is 5.10 Å². The lowest BCUT2D eigenvalue weighted by Gasteiger charge is -2.10. The van der Waals surface area contributed by atoms with Crippen LogP contribution in [0.4, 0.5) is 5.69 Å². The highest BCUT2D eigenvalue weighted by atomic mass is 16.6. The van der Waals surface area contributed by atoms with E-state index in [0.29, 0.717) is 16.5 Å². The normalized spacial score (nSPS) is 11.1. The maximum atomic E-state index is 12.4. The third-order valence-electron chi connectivity index (χ3n) is 5.30. The Morgan fingerprint density at radius 1 is 1.15 bits per heavy atom. The van der Waals surface area contributed by atoms with E-state index in [1.165, 1.54) is 37.6 Å². The van der Waals surface area contributed by atoms with E-state index in [2.05, 4.69) is 10.5 Å². The Morgan fingerprint density at radius 3 is 2.68 bits per heavy atom. The lowest BCUT2D eigenvalue weighted by atomic mass is 10.2. The third kappa shape index (κ3) is 4.29. The molecule has 0 bridgehead atoms. The summed E-state index contributed by atoms with van der Waals surface area (Å²) in [5.74, 6) is -1.03. The highest BCUT2D eigenvalue weighted by Gasteiger charge is 2.15. The molecule has 0 atom stereocenters. The minimum absolute atomic E-state index is 0.0160. The maximum absolute atomic E-state index is 12.4. The smallest absolute Gasteiger partial charge is 0.337 e. The molecule has 2 aromatic heterocycles. The molecule has 10 heteroatoms. The molecule has 0 fully saturated rings. The first-order valence-corrected chi connectivity index (χ1v) is 10.2. The molecule has 0 unspecified atom stereocenters. The Bertz CT molecular complexity index is 1460. The van der Waals surface area contributed by atoms with E-state index in [1.807, 2.05) is 30.5 Å². The predicted octanol–water partition coefficient (Wildman–Crippen LogP) is 4.30. The second-order valence-corrected chi connectivity index (χ2v) is 7.49. The maximum Gasteiger partial charge on any atom is 0.337 e. The van der Waals surface area contributed by atoms with Gasteiger partial charge in [-0.2, -0.15) is 5.10 Å². The molecule has 0 radical (unpaired) electrons. The largest absolute Gasteiger partial charge is 0.465 e. The second-order valence-electron chi connectivity index (χ2n) is 7.49. The van der Waals surface area contributed by atoms with Gasteiger partial charge in [0.25, 0.3) is 5.69 Å². The van der Waals surface area contributed by atoms with E-state index in [9.17, 15) is 19.7 Å². The van der Waals surface area contributed by atoms with E-state index in [0.717, 1.165) is 22.6 Å². The molecule has 0 saturated heterocycles. The Morgan fingerprint density at radius 2 is 1.94 bits per heavy atom. The second kappa shape index (κ2) is 9.02. The summed E-state index contributed by atoms with van der Waals surface area (Å²) >= 11 is 0. The number of hydrogen-bond acceptors (Lipinski definition) is 7. The summed E-state index contributed by atoms with van der Waals surface area (Å²) in [6.45, 7) is 3.81. The standard InChI is InChI=1S/C24H20N4O6/c1-14-9-18(15(2)27(14)19-6-4-5-16(10-19)24(30)33-3)13-25-26-23(29)22-12-17-11-20(28(31)32)7-8-21(17)34-22/h4-13H,1-3H3,(H,26,29)/b25-13-. The molecular formula is C24H20N4O6. The zero-order valence-electron chi connectivity index (χ0n) is 18.6. The highest BCUT2D eigenvalue weighted by molar-refractivity contribution is 5.97. The number of methoxy groups -OCH3 is 1. The molecular weight excluding hydrogens is 440 g/mol. The number of rotatable bonds is 6. The molecule has 2 aromatic carbocycles. The van der Waals surface area contributed by atoms with Gasteiger partial charge in [-0.3, -0.25) is 14.9 Å². The van der Waals surface area contributed by atoms with Gasteiger partial charge in [0.05, 0.1) is 23.8 Å². The number of nitrogens with one attached hydrogen (secondary N) is 1. The molecule has 4 aromatic rings. The van der Waals surface area contributed by atoms with Crippen molar-refractivity contribution in [2.75, 3.05) is 7.11 Å². The van der Waals surface area contributed by atoms with E-state index in [4.69, 9.17) is 9.15 Å². The number of fused-ring (bicyclic) bond motifs is 1. The van der Waals surface area contributed by atoms with Crippen LogP contribution < -0.4 is 5.43 Å². The van der Waals surface area contributed by atoms with Crippen LogP contribution in [0.15, 0.2) is 64.1 Å². The summed E-state index contributed by atoms with van der Waals surface area (Å²) in [5.41, 5.74) is 6.43. The molecule has 0 spiro atoms. The lowest BCUT2D eigenvalue weighted by molar-refractivity contribution is -0.384. The number of hydrazone groups is 1. The number of amides is 1. The summed E-state index contributed by atoms with van der Waals surface area (Å²) < 4.78 is 12.2. The van der Waals surface area contributed by atoms with Gasteiger partial charge in [-0.15, -0.1) is 0 Å². The number of nitrogens with zero attached hydrogens (tertiary/aromatic N) is 3. The van der Waals surface area contributed by atoms with Gasteiger partial charge in [-0.25, -0.2) is 10.2 Å². The van der Waals surface area contributed by atoms with Crippen LogP contribution in [0.3, 0.4) is 0 Å². The summed E-state index contributed by atoms with van der Waals surface area (Å²) in [7, 11) is 1.33. The van der Waals surface area contributed by atoms with Gasteiger partial charge in [0.2, 0.25) is 0 Å². The fourth-order valence-electron chi connectivity index (χ4n) is 3.68. The molecule has 0 aliphatic rings. The number of ether oxygens (including phenoxy) is 1. The molecule has 0 saturated carbocycles. The van der Waals surface area contributed by atoms with E-state index >= 15 is 0 Å². The van der Waals surface area contributed by atoms with Crippen molar-refractivity contribution in [3.05, 3.63) is 93.0 Å². The number of non-ortho nitro benzene ring substituents is 1. The van der Waals surface area contributed by atoms with Gasteiger partial charge in [-0.1, -0.05) is 6.07 Å². The van der Waals surface area contributed by atoms with E-state index in [1.54, 1.807) is 18.2 Å². The number of esters is 1. The molecule has 0 aliphatic heterocycles. The Kier molecular flexibility index (Phi) is 5.96. The number of nitro groups is 1. The Balaban J connectivity index is 1.53. The summed E-state index contributed by atoms with van der Waals surface area (Å²) in [6, 6.07) is 14.5. The van der Waals surface area contributed by atoms with Crippen molar-refractivity contribution in [1.29, 1.82) is 0 Å². The average Bonchev–Trinajstić information content (AvgIpc) is 3.38. The molecule has 2 heterocycles. The van der Waals surface area contributed by atoms with Crippen molar-refractivity contribution in [1.82, 2.24) is 9.99 Å². The summed E-state index contributed by atoms with van der Waals surface area (Å²) in [4.78, 5) is 34.7. The fraction of sp³-hybridized carbons (Fsp3) is 0.125. The van der Waals surface area contributed by atoms with Crippen LogP contribution in [0, 0.1) is 24.0 Å². The Labute approximate surface area is 193 Å². The number of benzene rings is 2. The van der Waals surface area contributed by atoms with E-state index < -0.39 is 16.8 Å². The zero-order chi connectivity index (χ0) is 24.4. The van der Waals surface area contributed by atoms with Crippen LogP contribution in [0.2, 0.25) is 0 Å². The van der Waals surface area contributed by atoms with Crippen LogP contribution in [0.25, 0.3) is 16.7 Å². The number of aromatic nitrogens is 1. The van der Waals surface area contributed by atoms with Gasteiger partial charge in [0, 0.05) is 40.2 Å². The van der Waals surface area contributed by atoms with Crippen LogP contribution in [0.5, 0.6) is 0 Å². The van der Waals surface area contributed by atoms with Gasteiger partial charge in [0.15, 0.2) is 5.76 Å². The molecule has 1 amide bonds. The summed E-state index contributed by atoms with van der Waals surface area (Å²) in [6.07, 6.45) is 1.51. The number of carbonyl (C=O) groups excluding carboxylic acids is 2. The molecule has 1 N–H and O–H groups in total. The number of furan rings is 1. The first-order chi connectivity index (χ1) is 16.3. The quantitative estimate of drug-likeness (QED) is 0.198. The third-order valence-corrected chi connectivity index (χ3v) is 5.30. The molecule has 10 nitrogen and oxygen atoms in total. The van der Waals surface area contributed by atoms with Crippen molar-refractivity contribution in [2.45, 2.75) is 13.8 Å². The topological polar surface area (TPSA) is 129 Å². The average molecular weight is 460 g/mol. The molecule has 4 rings (SSSR count). The van der Waals surface area contributed by atoms with Gasteiger partial charge >= 0.3 is 11.9 Å². The Hall–Kier alpha value is -4.73. The predicted molar refractivity (Wildman–Crippen MR) is 125 cm³/mol.